The first-order chi connectivity index (χ1) is 15.1. The van der Waals surface area contributed by atoms with E-state index in [0.29, 0.717) is 37.5 Å². The number of halogens is 1. The molecule has 1 saturated heterocycles. The molecule has 2 aromatic carbocycles. The zero-order valence-electron chi connectivity index (χ0n) is 17.2. The fraction of sp³-hybridized carbons (Fsp3) is 0.391. The number of nitrogens with one attached hydrogen (secondary N) is 2. The number of hydrogen-bond donors (Lipinski definition) is 2. The van der Waals surface area contributed by atoms with Gasteiger partial charge >= 0.3 is 6.03 Å². The van der Waals surface area contributed by atoms with Crippen molar-refractivity contribution in [2.75, 3.05) is 25.2 Å². The maximum atomic E-state index is 13.3. The molecule has 0 saturated carbocycles. The third-order valence-corrected chi connectivity index (χ3v) is 5.59. The highest BCUT2D eigenvalue weighted by Crippen LogP contribution is 2.32. The number of hydrogen-bond acceptors (Lipinski definition) is 4. The van der Waals surface area contributed by atoms with Gasteiger partial charge in [0.25, 0.3) is 0 Å². The standard InChI is InChI=1S/C23H26FN3O4/c24-18-4-1-5-19(12-18)26-23(29)27-10-2-3-16(14-27)7-9-22(28)25-13-17-6-8-20-21(11-17)31-15-30-20/h1,4-6,8,11-12,16H,2-3,7,9-10,13-15H2,(H,25,28)(H,26,29)/t16-/m0/s1. The quantitative estimate of drug-likeness (QED) is 0.733. The van der Waals surface area contributed by atoms with Crippen LogP contribution in [0.2, 0.25) is 0 Å². The molecule has 3 amide bonds. The van der Waals surface area contributed by atoms with E-state index in [-0.39, 0.29) is 30.5 Å². The first-order valence-electron chi connectivity index (χ1n) is 10.5. The molecule has 2 aliphatic heterocycles. The van der Waals surface area contributed by atoms with Gasteiger partial charge in [-0.2, -0.15) is 0 Å². The minimum Gasteiger partial charge on any atom is -0.454 e. The minimum atomic E-state index is -0.388. The lowest BCUT2D eigenvalue weighted by atomic mass is 9.93. The van der Waals surface area contributed by atoms with E-state index in [1.165, 1.54) is 12.1 Å². The van der Waals surface area contributed by atoms with Gasteiger partial charge in [0.05, 0.1) is 0 Å². The Bertz CT molecular complexity index is 952. The molecule has 2 N–H and O–H groups in total. The number of piperidine rings is 1. The van der Waals surface area contributed by atoms with Gasteiger partial charge in [0.15, 0.2) is 11.5 Å². The van der Waals surface area contributed by atoms with E-state index in [0.717, 1.165) is 30.6 Å². The summed E-state index contributed by atoms with van der Waals surface area (Å²) in [6, 6.07) is 11.2. The van der Waals surface area contributed by atoms with Crippen molar-refractivity contribution in [3.63, 3.8) is 0 Å². The molecule has 8 heteroatoms. The Kier molecular flexibility index (Phi) is 6.54. The number of anilines is 1. The van der Waals surface area contributed by atoms with Gasteiger partial charge in [0, 0.05) is 31.7 Å². The Hall–Kier alpha value is -3.29. The maximum Gasteiger partial charge on any atom is 0.321 e. The lowest BCUT2D eigenvalue weighted by molar-refractivity contribution is -0.121. The minimum absolute atomic E-state index is 0.0148. The Morgan fingerprint density at radius 3 is 2.87 bits per heavy atom. The number of rotatable bonds is 6. The Morgan fingerprint density at radius 1 is 1.13 bits per heavy atom. The van der Waals surface area contributed by atoms with Crippen LogP contribution in [0.15, 0.2) is 42.5 Å². The highest BCUT2D eigenvalue weighted by Gasteiger charge is 2.24. The van der Waals surface area contributed by atoms with Gasteiger partial charge in [0.1, 0.15) is 5.82 Å². The molecule has 0 bridgehead atoms. The smallest absolute Gasteiger partial charge is 0.321 e. The summed E-state index contributed by atoms with van der Waals surface area (Å²) >= 11 is 0. The monoisotopic (exact) mass is 427 g/mol. The van der Waals surface area contributed by atoms with Crippen molar-refractivity contribution in [2.45, 2.75) is 32.2 Å². The van der Waals surface area contributed by atoms with Gasteiger partial charge in [-0.25, -0.2) is 9.18 Å². The van der Waals surface area contributed by atoms with Gasteiger partial charge < -0.3 is 25.0 Å². The molecule has 7 nitrogen and oxygen atoms in total. The molecule has 1 fully saturated rings. The Balaban J connectivity index is 1.20. The number of benzene rings is 2. The molecule has 2 aliphatic rings. The van der Waals surface area contributed by atoms with Gasteiger partial charge in [0.2, 0.25) is 12.7 Å². The number of carbonyl (C=O) groups is 2. The van der Waals surface area contributed by atoms with Crippen LogP contribution in [0.4, 0.5) is 14.9 Å². The first kappa shape index (κ1) is 21.0. The summed E-state index contributed by atoms with van der Waals surface area (Å²) in [6.45, 7) is 1.91. The van der Waals surface area contributed by atoms with Crippen LogP contribution in [0.5, 0.6) is 11.5 Å². The summed E-state index contributed by atoms with van der Waals surface area (Å²) in [5.41, 5.74) is 1.39. The molecule has 31 heavy (non-hydrogen) atoms. The largest absolute Gasteiger partial charge is 0.454 e. The van der Waals surface area contributed by atoms with Crippen molar-refractivity contribution >= 4 is 17.6 Å². The zero-order valence-corrected chi connectivity index (χ0v) is 17.2. The lowest BCUT2D eigenvalue weighted by Gasteiger charge is -2.32. The van der Waals surface area contributed by atoms with Crippen LogP contribution in [0.25, 0.3) is 0 Å². The zero-order chi connectivity index (χ0) is 21.6. The third-order valence-electron chi connectivity index (χ3n) is 5.59. The van der Waals surface area contributed by atoms with Crippen LogP contribution >= 0.6 is 0 Å². The number of amides is 3. The van der Waals surface area contributed by atoms with E-state index >= 15 is 0 Å². The second-order valence-corrected chi connectivity index (χ2v) is 7.90. The summed E-state index contributed by atoms with van der Waals surface area (Å²) in [7, 11) is 0. The van der Waals surface area contributed by atoms with E-state index < -0.39 is 0 Å². The molecule has 0 spiro atoms. The summed E-state index contributed by atoms with van der Waals surface area (Å²) in [5, 5.41) is 5.68. The Morgan fingerprint density at radius 2 is 2.00 bits per heavy atom. The summed E-state index contributed by atoms with van der Waals surface area (Å²) < 4.78 is 24.0. The second kappa shape index (κ2) is 9.68. The predicted molar refractivity (Wildman–Crippen MR) is 113 cm³/mol. The summed E-state index contributed by atoms with van der Waals surface area (Å²) in [5.74, 6) is 1.28. The van der Waals surface area contributed by atoms with Gasteiger partial charge in [-0.15, -0.1) is 0 Å². The molecule has 164 valence electrons. The van der Waals surface area contributed by atoms with Crippen molar-refractivity contribution in [3.05, 3.63) is 53.8 Å². The summed E-state index contributed by atoms with van der Waals surface area (Å²) in [6.07, 6.45) is 3.00. The number of ether oxygens (including phenoxy) is 2. The molecule has 4 rings (SSSR count). The molecule has 2 heterocycles. The first-order valence-corrected chi connectivity index (χ1v) is 10.5. The van der Waals surface area contributed by atoms with Crippen LogP contribution in [0, 0.1) is 11.7 Å². The predicted octanol–water partition coefficient (Wildman–Crippen LogP) is 3.89. The molecular weight excluding hydrogens is 401 g/mol. The molecule has 0 radical (unpaired) electrons. The number of nitrogens with zero attached hydrogens (tertiary/aromatic N) is 1. The van der Waals surface area contributed by atoms with E-state index in [2.05, 4.69) is 10.6 Å². The molecule has 0 aliphatic carbocycles. The maximum absolute atomic E-state index is 13.3. The van der Waals surface area contributed by atoms with Crippen LogP contribution < -0.4 is 20.1 Å². The van der Waals surface area contributed by atoms with Crippen molar-refractivity contribution in [1.29, 1.82) is 0 Å². The van der Waals surface area contributed by atoms with Crippen molar-refractivity contribution in [2.24, 2.45) is 5.92 Å². The van der Waals surface area contributed by atoms with Crippen molar-refractivity contribution in [1.82, 2.24) is 10.2 Å². The van der Waals surface area contributed by atoms with Crippen LogP contribution in [-0.4, -0.2) is 36.7 Å². The average molecular weight is 427 g/mol. The fourth-order valence-corrected chi connectivity index (χ4v) is 3.93. The topological polar surface area (TPSA) is 79.9 Å². The van der Waals surface area contributed by atoms with E-state index in [9.17, 15) is 14.0 Å². The lowest BCUT2D eigenvalue weighted by Crippen LogP contribution is -2.42. The van der Waals surface area contributed by atoms with Crippen molar-refractivity contribution in [3.8, 4) is 11.5 Å². The number of carbonyl (C=O) groups excluding carboxylic acids is 2. The summed E-state index contributed by atoms with van der Waals surface area (Å²) in [4.78, 5) is 26.5. The Labute approximate surface area is 180 Å². The third kappa shape index (κ3) is 5.65. The van der Waals surface area contributed by atoms with Gasteiger partial charge in [-0.05, 0) is 61.1 Å². The average Bonchev–Trinajstić information content (AvgIpc) is 3.24. The SMILES string of the molecule is O=C(CC[C@@H]1CCCN(C(=O)Nc2cccc(F)c2)C1)NCc1ccc2c(c1)OCO2. The highest BCUT2D eigenvalue weighted by atomic mass is 19.1. The second-order valence-electron chi connectivity index (χ2n) is 7.90. The number of urea groups is 1. The molecule has 1 atom stereocenters. The molecule has 0 aromatic heterocycles. The molecule has 0 unspecified atom stereocenters. The van der Waals surface area contributed by atoms with Crippen LogP contribution in [0.3, 0.4) is 0 Å². The van der Waals surface area contributed by atoms with Crippen molar-refractivity contribution < 1.29 is 23.5 Å². The number of likely N-dealkylation sites (tertiary alicyclic amines) is 1. The van der Waals surface area contributed by atoms with Crippen LogP contribution in [0.1, 0.15) is 31.2 Å². The van der Waals surface area contributed by atoms with Gasteiger partial charge in [-0.1, -0.05) is 12.1 Å². The van der Waals surface area contributed by atoms with Gasteiger partial charge in [-0.3, -0.25) is 4.79 Å². The van der Waals surface area contributed by atoms with E-state index in [1.807, 2.05) is 18.2 Å². The van der Waals surface area contributed by atoms with Crippen LogP contribution in [-0.2, 0) is 11.3 Å². The normalized spacial score (nSPS) is 17.3. The van der Waals surface area contributed by atoms with E-state index in [4.69, 9.17) is 9.47 Å². The fourth-order valence-electron chi connectivity index (χ4n) is 3.93. The number of fused-ring (bicyclic) bond motifs is 1. The molecular formula is C23H26FN3O4. The van der Waals surface area contributed by atoms with E-state index in [1.54, 1.807) is 17.0 Å². The highest BCUT2D eigenvalue weighted by molar-refractivity contribution is 5.89. The molecule has 2 aromatic rings.